The molecule has 0 radical (unpaired) electrons. The second kappa shape index (κ2) is 14.2. The number of halogens is 1. The Kier molecular flexibility index (Phi) is 11.6. The van der Waals surface area contributed by atoms with Crippen molar-refractivity contribution in [3.8, 4) is 0 Å². The van der Waals surface area contributed by atoms with Crippen LogP contribution in [0.25, 0.3) is 0 Å². The largest absolute Gasteiger partial charge is 0.469 e. The summed E-state index contributed by atoms with van der Waals surface area (Å²) in [7, 11) is 0. The third-order valence-corrected chi connectivity index (χ3v) is 4.75. The lowest BCUT2D eigenvalue weighted by atomic mass is 10.1. The predicted octanol–water partition coefficient (Wildman–Crippen LogP) is 4.06. The van der Waals surface area contributed by atoms with Crippen molar-refractivity contribution < 1.29 is 13.9 Å². The molecule has 0 aliphatic carbocycles. The third-order valence-electron chi connectivity index (χ3n) is 4.75. The average Bonchev–Trinajstić information content (AvgIpc) is 3.29. The molecule has 7 heteroatoms. The molecule has 3 rings (SSSR count). The first-order valence-electron chi connectivity index (χ1n) is 10.3. The van der Waals surface area contributed by atoms with Crippen LogP contribution in [0.2, 0.25) is 0 Å². The fourth-order valence-electron chi connectivity index (χ4n) is 3.07. The van der Waals surface area contributed by atoms with Gasteiger partial charge in [-0.1, -0.05) is 30.3 Å². The van der Waals surface area contributed by atoms with Gasteiger partial charge in [-0.05, 0) is 36.1 Å². The molecular formula is C23H32IN3O3. The van der Waals surface area contributed by atoms with Crippen LogP contribution in [0, 0.1) is 0 Å². The molecular weight excluding hydrogens is 493 g/mol. The number of furan rings is 1. The topological polar surface area (TPSA) is 68.0 Å². The monoisotopic (exact) mass is 525 g/mol. The van der Waals surface area contributed by atoms with Crippen molar-refractivity contribution in [2.24, 2.45) is 4.99 Å². The molecule has 1 aliphatic heterocycles. The van der Waals surface area contributed by atoms with Crippen molar-refractivity contribution >= 4 is 29.9 Å². The van der Waals surface area contributed by atoms with Gasteiger partial charge in [0, 0.05) is 32.7 Å². The van der Waals surface area contributed by atoms with Crippen LogP contribution in [-0.2, 0) is 29.0 Å². The highest BCUT2D eigenvalue weighted by atomic mass is 127. The number of nitrogens with zero attached hydrogens (tertiary/aromatic N) is 1. The smallest absolute Gasteiger partial charge is 0.191 e. The fraction of sp³-hybridized carbons (Fsp3) is 0.435. The van der Waals surface area contributed by atoms with Crippen LogP contribution in [0.1, 0.15) is 29.7 Å². The Bertz CT molecular complexity index is 742. The van der Waals surface area contributed by atoms with E-state index < -0.39 is 0 Å². The second-order valence-corrected chi connectivity index (χ2v) is 7.03. The summed E-state index contributed by atoms with van der Waals surface area (Å²) in [6.07, 6.45) is 6.61. The van der Waals surface area contributed by atoms with E-state index in [9.17, 15) is 0 Å². The molecule has 2 aromatic rings. The predicted molar refractivity (Wildman–Crippen MR) is 130 cm³/mol. The van der Waals surface area contributed by atoms with Gasteiger partial charge in [0.05, 0.1) is 25.5 Å². The Morgan fingerprint density at radius 1 is 1.13 bits per heavy atom. The standard InChI is InChI=1S/C23H31N3O3.HI/c1-2-12-24-23(25-13-9-21-4-3-14-28-21)26-17-19-5-7-20(8-6-19)18-29-22-10-15-27-16-11-22;/h2-8,14,22H,1,9-13,15-18H2,(H2,24,25,26);1H. The van der Waals surface area contributed by atoms with Gasteiger partial charge in [0.25, 0.3) is 0 Å². The zero-order valence-electron chi connectivity index (χ0n) is 17.3. The summed E-state index contributed by atoms with van der Waals surface area (Å²) in [6, 6.07) is 12.3. The molecule has 6 nitrogen and oxygen atoms in total. The Labute approximate surface area is 196 Å². The number of nitrogens with one attached hydrogen (secondary N) is 2. The van der Waals surface area contributed by atoms with Gasteiger partial charge >= 0.3 is 0 Å². The van der Waals surface area contributed by atoms with E-state index in [1.54, 1.807) is 6.26 Å². The van der Waals surface area contributed by atoms with Gasteiger partial charge in [-0.3, -0.25) is 0 Å². The summed E-state index contributed by atoms with van der Waals surface area (Å²) in [5.74, 6) is 1.72. The molecule has 0 atom stereocenters. The highest BCUT2D eigenvalue weighted by Gasteiger charge is 2.13. The molecule has 0 amide bonds. The third kappa shape index (κ3) is 8.89. The fourth-order valence-corrected chi connectivity index (χ4v) is 3.07. The molecule has 2 heterocycles. The van der Waals surface area contributed by atoms with Gasteiger partial charge in [-0.2, -0.15) is 0 Å². The maximum absolute atomic E-state index is 5.98. The molecule has 1 saturated heterocycles. The van der Waals surface area contributed by atoms with Crippen molar-refractivity contribution in [1.29, 1.82) is 0 Å². The maximum atomic E-state index is 5.98. The van der Waals surface area contributed by atoms with E-state index in [0.717, 1.165) is 56.3 Å². The molecule has 164 valence electrons. The molecule has 1 aliphatic rings. The molecule has 1 fully saturated rings. The lowest BCUT2D eigenvalue weighted by molar-refractivity contribution is -0.0390. The number of benzene rings is 1. The Morgan fingerprint density at radius 3 is 2.60 bits per heavy atom. The van der Waals surface area contributed by atoms with Gasteiger partial charge in [0.1, 0.15) is 5.76 Å². The van der Waals surface area contributed by atoms with Gasteiger partial charge in [0.2, 0.25) is 0 Å². The van der Waals surface area contributed by atoms with Crippen molar-refractivity contribution in [3.63, 3.8) is 0 Å². The van der Waals surface area contributed by atoms with E-state index in [1.807, 2.05) is 18.2 Å². The van der Waals surface area contributed by atoms with Crippen LogP contribution in [-0.4, -0.2) is 38.4 Å². The molecule has 1 aromatic carbocycles. The van der Waals surface area contributed by atoms with Gasteiger partial charge in [0.15, 0.2) is 5.96 Å². The Morgan fingerprint density at radius 2 is 1.90 bits per heavy atom. The Hall–Kier alpha value is -1.84. The zero-order valence-corrected chi connectivity index (χ0v) is 19.7. The molecule has 0 spiro atoms. The molecule has 2 N–H and O–H groups in total. The first kappa shape index (κ1) is 24.4. The minimum atomic E-state index is 0. The van der Waals surface area contributed by atoms with Crippen LogP contribution >= 0.6 is 24.0 Å². The van der Waals surface area contributed by atoms with Crippen molar-refractivity contribution in [1.82, 2.24) is 10.6 Å². The second-order valence-electron chi connectivity index (χ2n) is 7.03. The average molecular weight is 525 g/mol. The van der Waals surface area contributed by atoms with E-state index in [4.69, 9.17) is 13.9 Å². The highest BCUT2D eigenvalue weighted by Crippen LogP contribution is 2.14. The number of rotatable bonds is 10. The van der Waals surface area contributed by atoms with E-state index >= 15 is 0 Å². The normalized spacial score (nSPS) is 14.7. The van der Waals surface area contributed by atoms with Crippen LogP contribution in [0.3, 0.4) is 0 Å². The number of hydrogen-bond donors (Lipinski definition) is 2. The van der Waals surface area contributed by atoms with Gasteiger partial charge in [-0.25, -0.2) is 4.99 Å². The van der Waals surface area contributed by atoms with Crippen LogP contribution in [0.4, 0.5) is 0 Å². The van der Waals surface area contributed by atoms with E-state index in [0.29, 0.717) is 25.8 Å². The summed E-state index contributed by atoms with van der Waals surface area (Å²) in [6.45, 7) is 8.03. The van der Waals surface area contributed by atoms with E-state index in [2.05, 4.69) is 46.5 Å². The number of hydrogen-bond acceptors (Lipinski definition) is 4. The van der Waals surface area contributed by atoms with E-state index in [1.165, 1.54) is 5.56 Å². The number of aliphatic imine (C=N–C) groups is 1. The highest BCUT2D eigenvalue weighted by molar-refractivity contribution is 14.0. The molecule has 0 bridgehead atoms. The molecule has 0 unspecified atom stereocenters. The van der Waals surface area contributed by atoms with Crippen molar-refractivity contribution in [2.45, 2.75) is 38.5 Å². The van der Waals surface area contributed by atoms with Crippen molar-refractivity contribution in [2.75, 3.05) is 26.3 Å². The lowest BCUT2D eigenvalue weighted by Crippen LogP contribution is -2.38. The Balaban J connectivity index is 0.00000320. The first-order valence-corrected chi connectivity index (χ1v) is 10.3. The van der Waals surface area contributed by atoms with Crippen LogP contribution in [0.15, 0.2) is 64.7 Å². The lowest BCUT2D eigenvalue weighted by Gasteiger charge is -2.22. The van der Waals surface area contributed by atoms with Gasteiger partial charge in [-0.15, -0.1) is 30.6 Å². The van der Waals surface area contributed by atoms with Gasteiger partial charge < -0.3 is 24.5 Å². The quantitative estimate of drug-likeness (QED) is 0.212. The SMILES string of the molecule is C=CCNC(=NCc1ccc(COC2CCOCC2)cc1)NCCc1ccco1.I. The molecule has 1 aromatic heterocycles. The number of guanidine groups is 1. The summed E-state index contributed by atoms with van der Waals surface area (Å²) in [5, 5.41) is 6.58. The zero-order chi connectivity index (χ0) is 20.2. The first-order chi connectivity index (χ1) is 14.3. The maximum Gasteiger partial charge on any atom is 0.191 e. The van der Waals surface area contributed by atoms with Crippen molar-refractivity contribution in [3.05, 3.63) is 72.2 Å². The summed E-state index contributed by atoms with van der Waals surface area (Å²) in [5.41, 5.74) is 2.34. The molecule has 0 saturated carbocycles. The minimum absolute atomic E-state index is 0. The van der Waals surface area contributed by atoms with Crippen LogP contribution in [0.5, 0.6) is 0 Å². The summed E-state index contributed by atoms with van der Waals surface area (Å²) >= 11 is 0. The van der Waals surface area contributed by atoms with E-state index in [-0.39, 0.29) is 24.0 Å². The summed E-state index contributed by atoms with van der Waals surface area (Å²) in [4.78, 5) is 4.67. The van der Waals surface area contributed by atoms with Crippen LogP contribution < -0.4 is 10.6 Å². The number of ether oxygens (including phenoxy) is 2. The summed E-state index contributed by atoms with van der Waals surface area (Å²) < 4.78 is 16.7. The minimum Gasteiger partial charge on any atom is -0.469 e. The molecule has 30 heavy (non-hydrogen) atoms.